The molecule has 0 spiro atoms. The van der Waals surface area contributed by atoms with Crippen molar-refractivity contribution in [3.63, 3.8) is 0 Å². The molecule has 0 aliphatic carbocycles. The van der Waals surface area contributed by atoms with Gasteiger partial charge < -0.3 is 9.47 Å². The summed E-state index contributed by atoms with van der Waals surface area (Å²) in [6.45, 7) is 5.93. The monoisotopic (exact) mass is 465 g/mol. The van der Waals surface area contributed by atoms with Crippen molar-refractivity contribution in [2.75, 3.05) is 0 Å². The smallest absolute Gasteiger partial charge is 0.311 e. The molecule has 0 radical (unpaired) electrons. The van der Waals surface area contributed by atoms with Crippen LogP contribution in [0.5, 0.6) is 5.75 Å². The number of aryl methyl sites for hydroxylation is 1. The highest BCUT2D eigenvalue weighted by molar-refractivity contribution is 5.72. The third kappa shape index (κ3) is 10.8. The van der Waals surface area contributed by atoms with Crippen LogP contribution in [0.3, 0.4) is 0 Å². The largest absolute Gasteiger partial charge is 0.463 e. The number of carbonyl (C=O) groups is 2. The van der Waals surface area contributed by atoms with Crippen LogP contribution < -0.4 is 4.74 Å². The van der Waals surface area contributed by atoms with Gasteiger partial charge in [0.15, 0.2) is 0 Å². The van der Waals surface area contributed by atoms with Crippen LogP contribution in [0.1, 0.15) is 84.1 Å². The quantitative estimate of drug-likeness (QED) is 0.158. The Morgan fingerprint density at radius 2 is 1.68 bits per heavy atom. The molecule has 0 saturated heterocycles. The van der Waals surface area contributed by atoms with Gasteiger partial charge in [-0.25, -0.2) is 0 Å². The zero-order chi connectivity index (χ0) is 24.6. The second kappa shape index (κ2) is 15.8. The van der Waals surface area contributed by atoms with Gasteiger partial charge in [-0.05, 0) is 63.1 Å². The van der Waals surface area contributed by atoms with Gasteiger partial charge >= 0.3 is 11.9 Å². The number of nitrogens with zero attached hydrogens (tertiary/aromatic N) is 1. The van der Waals surface area contributed by atoms with Gasteiger partial charge in [-0.15, -0.1) is 0 Å². The first-order valence-electron chi connectivity index (χ1n) is 12.6. The molecule has 2 aromatic rings. The summed E-state index contributed by atoms with van der Waals surface area (Å²) in [6.07, 6.45) is 14.9. The summed E-state index contributed by atoms with van der Waals surface area (Å²) in [4.78, 5) is 27.9. The van der Waals surface area contributed by atoms with E-state index in [4.69, 9.17) is 9.47 Å². The SMILES string of the molecule is CCCCC/C=C\CCCC(=O)Oc1ccc(-c2ccc(CCC(C)OC(=O)CC)cc2)nc1. The Morgan fingerprint density at radius 1 is 0.941 bits per heavy atom. The fourth-order valence-electron chi connectivity index (χ4n) is 3.48. The number of pyridine rings is 1. The summed E-state index contributed by atoms with van der Waals surface area (Å²) < 4.78 is 10.7. The lowest BCUT2D eigenvalue weighted by molar-refractivity contribution is -0.148. The van der Waals surface area contributed by atoms with Crippen LogP contribution in [0.2, 0.25) is 0 Å². The highest BCUT2D eigenvalue weighted by Crippen LogP contribution is 2.21. The van der Waals surface area contributed by atoms with E-state index < -0.39 is 0 Å². The maximum Gasteiger partial charge on any atom is 0.311 e. The minimum atomic E-state index is -0.225. The first-order valence-corrected chi connectivity index (χ1v) is 12.6. The predicted octanol–water partition coefficient (Wildman–Crippen LogP) is 7.24. The zero-order valence-electron chi connectivity index (χ0n) is 20.9. The van der Waals surface area contributed by atoms with Crippen molar-refractivity contribution in [2.24, 2.45) is 0 Å². The molecule has 34 heavy (non-hydrogen) atoms. The van der Waals surface area contributed by atoms with Crippen LogP contribution in [0.25, 0.3) is 11.3 Å². The van der Waals surface area contributed by atoms with Crippen LogP contribution >= 0.6 is 0 Å². The van der Waals surface area contributed by atoms with Gasteiger partial charge in [0.1, 0.15) is 5.75 Å². The summed E-state index contributed by atoms with van der Waals surface area (Å²) in [5.41, 5.74) is 3.01. The normalized spacial score (nSPS) is 12.0. The number of carbonyl (C=O) groups excluding carboxylic acids is 2. The maximum atomic E-state index is 12.1. The van der Waals surface area contributed by atoms with Crippen molar-refractivity contribution in [3.05, 3.63) is 60.3 Å². The molecule has 0 aliphatic heterocycles. The summed E-state index contributed by atoms with van der Waals surface area (Å²) in [5, 5.41) is 0. The van der Waals surface area contributed by atoms with E-state index in [1.54, 1.807) is 19.2 Å². The van der Waals surface area contributed by atoms with Gasteiger partial charge in [-0.2, -0.15) is 0 Å². The summed E-state index contributed by atoms with van der Waals surface area (Å²) in [5.74, 6) is 0.0848. The Labute approximate surface area is 204 Å². The van der Waals surface area contributed by atoms with E-state index in [-0.39, 0.29) is 18.0 Å². The highest BCUT2D eigenvalue weighted by atomic mass is 16.5. The second-order valence-electron chi connectivity index (χ2n) is 8.60. The van der Waals surface area contributed by atoms with Gasteiger partial charge in [0.2, 0.25) is 0 Å². The van der Waals surface area contributed by atoms with Crippen molar-refractivity contribution in [2.45, 2.75) is 91.1 Å². The van der Waals surface area contributed by atoms with Gasteiger partial charge in [0, 0.05) is 18.4 Å². The minimum Gasteiger partial charge on any atom is -0.463 e. The van der Waals surface area contributed by atoms with Crippen molar-refractivity contribution in [1.29, 1.82) is 0 Å². The number of unbranched alkanes of at least 4 members (excludes halogenated alkanes) is 4. The Hall–Kier alpha value is -2.95. The number of allylic oxidation sites excluding steroid dienone is 2. The molecule has 1 aromatic carbocycles. The molecule has 1 unspecified atom stereocenters. The number of hydrogen-bond acceptors (Lipinski definition) is 5. The number of benzene rings is 1. The first-order chi connectivity index (χ1) is 16.5. The fraction of sp³-hybridized carbons (Fsp3) is 0.483. The molecule has 0 amide bonds. The Kier molecular flexibility index (Phi) is 12.7. The van der Waals surface area contributed by atoms with E-state index in [0.29, 0.717) is 18.6 Å². The molecule has 0 aliphatic rings. The van der Waals surface area contributed by atoms with E-state index in [1.165, 1.54) is 24.8 Å². The molecule has 0 fully saturated rings. The Balaban J connectivity index is 1.74. The van der Waals surface area contributed by atoms with E-state index in [0.717, 1.165) is 43.4 Å². The zero-order valence-corrected chi connectivity index (χ0v) is 20.9. The van der Waals surface area contributed by atoms with E-state index in [1.807, 2.05) is 25.1 Å². The van der Waals surface area contributed by atoms with Crippen LogP contribution in [-0.4, -0.2) is 23.0 Å². The lowest BCUT2D eigenvalue weighted by atomic mass is 10.0. The number of esters is 2. The number of rotatable bonds is 15. The number of ether oxygens (including phenoxy) is 2. The summed E-state index contributed by atoms with van der Waals surface area (Å²) >= 11 is 0. The van der Waals surface area contributed by atoms with Crippen molar-refractivity contribution >= 4 is 11.9 Å². The lowest BCUT2D eigenvalue weighted by Gasteiger charge is -2.12. The minimum absolute atomic E-state index is 0.0870. The number of aromatic nitrogens is 1. The van der Waals surface area contributed by atoms with E-state index in [2.05, 4.69) is 36.2 Å². The maximum absolute atomic E-state index is 12.1. The molecule has 0 N–H and O–H groups in total. The molecular formula is C29H39NO4. The molecule has 5 nitrogen and oxygen atoms in total. The topological polar surface area (TPSA) is 65.5 Å². The van der Waals surface area contributed by atoms with E-state index >= 15 is 0 Å². The Morgan fingerprint density at radius 3 is 2.32 bits per heavy atom. The standard InChI is InChI=1S/C29H39NO4/c1-4-6-7-8-9-10-11-12-13-29(32)34-26-20-21-27(30-22-26)25-18-16-24(17-19-25)15-14-23(3)33-28(31)5-2/h9-10,16-23H,4-8,11-15H2,1-3H3/b10-9-. The van der Waals surface area contributed by atoms with Crippen LogP contribution in [-0.2, 0) is 20.7 Å². The predicted molar refractivity (Wildman–Crippen MR) is 137 cm³/mol. The number of hydrogen-bond donors (Lipinski definition) is 0. The molecule has 0 bridgehead atoms. The molecule has 5 heteroatoms. The summed E-state index contributed by atoms with van der Waals surface area (Å²) in [6, 6.07) is 11.8. The first kappa shape index (κ1) is 27.3. The molecule has 1 heterocycles. The van der Waals surface area contributed by atoms with Crippen LogP contribution in [0.15, 0.2) is 54.7 Å². The van der Waals surface area contributed by atoms with Gasteiger partial charge in [-0.1, -0.05) is 63.1 Å². The van der Waals surface area contributed by atoms with Crippen molar-refractivity contribution in [1.82, 2.24) is 4.98 Å². The molecule has 1 atom stereocenters. The van der Waals surface area contributed by atoms with Gasteiger partial charge in [0.05, 0.1) is 18.0 Å². The molecule has 1 aromatic heterocycles. The lowest BCUT2D eigenvalue weighted by Crippen LogP contribution is -2.14. The average Bonchev–Trinajstić information content (AvgIpc) is 2.85. The molecule has 0 saturated carbocycles. The van der Waals surface area contributed by atoms with Crippen LogP contribution in [0.4, 0.5) is 0 Å². The molecular weight excluding hydrogens is 426 g/mol. The fourth-order valence-corrected chi connectivity index (χ4v) is 3.48. The second-order valence-corrected chi connectivity index (χ2v) is 8.60. The molecule has 2 rings (SSSR count). The summed E-state index contributed by atoms with van der Waals surface area (Å²) in [7, 11) is 0. The average molecular weight is 466 g/mol. The van der Waals surface area contributed by atoms with Gasteiger partial charge in [0.25, 0.3) is 0 Å². The highest BCUT2D eigenvalue weighted by Gasteiger charge is 2.09. The van der Waals surface area contributed by atoms with Crippen LogP contribution in [0, 0.1) is 0 Å². The third-order valence-corrected chi connectivity index (χ3v) is 5.57. The molecule has 184 valence electrons. The Bertz CT molecular complexity index is 887. The van der Waals surface area contributed by atoms with E-state index in [9.17, 15) is 9.59 Å². The van der Waals surface area contributed by atoms with Crippen molar-refractivity contribution < 1.29 is 19.1 Å². The third-order valence-electron chi connectivity index (χ3n) is 5.57. The van der Waals surface area contributed by atoms with Gasteiger partial charge in [-0.3, -0.25) is 14.6 Å². The van der Waals surface area contributed by atoms with Crippen molar-refractivity contribution in [3.8, 4) is 17.0 Å².